The molecule has 1 aromatic rings. The number of cyclic esters (lactones) is 1. The molecule has 0 saturated carbocycles. The lowest BCUT2D eigenvalue weighted by atomic mass is 10.0. The molecule has 0 N–H and O–H groups in total. The first-order valence-corrected chi connectivity index (χ1v) is 6.19. The van der Waals surface area contributed by atoms with Crippen molar-refractivity contribution in [3.05, 3.63) is 35.9 Å². The summed E-state index contributed by atoms with van der Waals surface area (Å²) in [5.41, 5.74) is 1.09. The highest BCUT2D eigenvalue weighted by molar-refractivity contribution is 8.00. The molecule has 0 bridgehead atoms. The Morgan fingerprint density at radius 1 is 1.40 bits per heavy atom. The smallest absolute Gasteiger partial charge is 0.322 e. The molecule has 1 heterocycles. The summed E-state index contributed by atoms with van der Waals surface area (Å²) in [6.07, 6.45) is 2.64. The zero-order valence-electron chi connectivity index (χ0n) is 8.90. The van der Waals surface area contributed by atoms with Crippen molar-refractivity contribution < 1.29 is 9.53 Å². The fourth-order valence-electron chi connectivity index (χ4n) is 1.75. The predicted molar refractivity (Wildman–Crippen MR) is 61.8 cm³/mol. The van der Waals surface area contributed by atoms with E-state index in [1.54, 1.807) is 11.8 Å². The number of hydrogen-bond acceptors (Lipinski definition) is 3. The van der Waals surface area contributed by atoms with E-state index in [1.807, 2.05) is 43.5 Å². The van der Waals surface area contributed by atoms with Crippen molar-refractivity contribution in [1.29, 1.82) is 0 Å². The van der Waals surface area contributed by atoms with Crippen LogP contribution in [0.4, 0.5) is 0 Å². The van der Waals surface area contributed by atoms with Crippen molar-refractivity contribution in [1.82, 2.24) is 0 Å². The number of carbonyl (C=O) groups excluding carboxylic acids is 1. The minimum Gasteiger partial charge on any atom is -0.456 e. The number of carbonyl (C=O) groups is 1. The Kier molecular flexibility index (Phi) is 2.74. The van der Waals surface area contributed by atoms with E-state index in [9.17, 15) is 4.79 Å². The number of thioether (sulfide) groups is 1. The van der Waals surface area contributed by atoms with Gasteiger partial charge in [0.05, 0.1) is 0 Å². The van der Waals surface area contributed by atoms with E-state index in [0.717, 1.165) is 12.0 Å². The quantitative estimate of drug-likeness (QED) is 0.720. The van der Waals surface area contributed by atoms with E-state index in [1.165, 1.54) is 0 Å². The molecular formula is C12H14O2S. The lowest BCUT2D eigenvalue weighted by Gasteiger charge is -2.14. The molecule has 1 saturated heterocycles. The number of benzene rings is 1. The summed E-state index contributed by atoms with van der Waals surface area (Å²) in [4.78, 5) is 11.7. The molecule has 1 fully saturated rings. The van der Waals surface area contributed by atoms with Crippen LogP contribution < -0.4 is 0 Å². The van der Waals surface area contributed by atoms with E-state index in [0.29, 0.717) is 0 Å². The summed E-state index contributed by atoms with van der Waals surface area (Å²) in [6, 6.07) is 9.91. The van der Waals surface area contributed by atoms with Gasteiger partial charge in [-0.05, 0) is 18.7 Å². The second-order valence-corrected chi connectivity index (χ2v) is 5.25. The second kappa shape index (κ2) is 3.89. The van der Waals surface area contributed by atoms with Gasteiger partial charge >= 0.3 is 5.97 Å². The molecule has 15 heavy (non-hydrogen) atoms. The Morgan fingerprint density at radius 2 is 2.07 bits per heavy atom. The largest absolute Gasteiger partial charge is 0.456 e. The first-order chi connectivity index (χ1) is 7.15. The Hall–Kier alpha value is -0.960. The van der Waals surface area contributed by atoms with Crippen molar-refractivity contribution in [2.24, 2.45) is 0 Å². The van der Waals surface area contributed by atoms with Crippen LogP contribution in [0.15, 0.2) is 30.3 Å². The maximum absolute atomic E-state index is 11.7. The van der Waals surface area contributed by atoms with Crippen LogP contribution in [0.2, 0.25) is 0 Å². The lowest BCUT2D eigenvalue weighted by molar-refractivity contribution is -0.143. The maximum atomic E-state index is 11.7. The number of rotatable bonds is 2. The van der Waals surface area contributed by atoms with Crippen molar-refractivity contribution in [2.75, 3.05) is 6.26 Å². The molecular weight excluding hydrogens is 208 g/mol. The van der Waals surface area contributed by atoms with Crippen LogP contribution in [0.3, 0.4) is 0 Å². The van der Waals surface area contributed by atoms with Gasteiger partial charge in [0, 0.05) is 6.42 Å². The summed E-state index contributed by atoms with van der Waals surface area (Å²) in [7, 11) is 0. The Labute approximate surface area is 94.0 Å². The van der Waals surface area contributed by atoms with Gasteiger partial charge in [0.15, 0.2) is 0 Å². The van der Waals surface area contributed by atoms with Crippen LogP contribution >= 0.6 is 11.8 Å². The van der Waals surface area contributed by atoms with Crippen molar-refractivity contribution in [3.8, 4) is 0 Å². The highest BCUT2D eigenvalue weighted by Gasteiger charge is 2.45. The molecule has 0 radical (unpaired) electrons. The van der Waals surface area contributed by atoms with Crippen LogP contribution in [0, 0.1) is 0 Å². The topological polar surface area (TPSA) is 26.3 Å². The summed E-state index contributed by atoms with van der Waals surface area (Å²) in [5.74, 6) is -0.0937. The Balaban J connectivity index is 2.20. The first-order valence-electron chi connectivity index (χ1n) is 4.97. The zero-order chi connectivity index (χ0) is 10.9. The maximum Gasteiger partial charge on any atom is 0.322 e. The average Bonchev–Trinajstić information content (AvgIpc) is 2.58. The van der Waals surface area contributed by atoms with Crippen molar-refractivity contribution in [2.45, 2.75) is 24.2 Å². The third-order valence-corrected chi connectivity index (χ3v) is 4.11. The molecule has 0 unspecified atom stereocenters. The minimum absolute atomic E-state index is 0.0730. The van der Waals surface area contributed by atoms with Crippen LogP contribution in [-0.4, -0.2) is 17.0 Å². The fraction of sp³-hybridized carbons (Fsp3) is 0.417. The van der Waals surface area contributed by atoms with Gasteiger partial charge in [0.25, 0.3) is 0 Å². The molecule has 2 rings (SSSR count). The molecule has 2 nitrogen and oxygen atoms in total. The van der Waals surface area contributed by atoms with Crippen LogP contribution in [0.1, 0.15) is 25.0 Å². The monoisotopic (exact) mass is 222 g/mol. The molecule has 0 aromatic heterocycles. The highest BCUT2D eigenvalue weighted by Crippen LogP contribution is 2.42. The second-order valence-electron chi connectivity index (χ2n) is 3.94. The fourth-order valence-corrected chi connectivity index (χ4v) is 2.29. The lowest BCUT2D eigenvalue weighted by Crippen LogP contribution is -2.25. The molecule has 0 spiro atoms. The highest BCUT2D eigenvalue weighted by atomic mass is 32.2. The van der Waals surface area contributed by atoms with Gasteiger partial charge in [-0.25, -0.2) is 0 Å². The van der Waals surface area contributed by atoms with E-state index in [4.69, 9.17) is 4.74 Å². The Morgan fingerprint density at radius 3 is 2.60 bits per heavy atom. The summed E-state index contributed by atoms with van der Waals surface area (Å²) < 4.78 is 5.02. The van der Waals surface area contributed by atoms with Gasteiger partial charge in [0.1, 0.15) is 10.9 Å². The third kappa shape index (κ3) is 1.88. The van der Waals surface area contributed by atoms with Crippen LogP contribution in [0.25, 0.3) is 0 Å². The van der Waals surface area contributed by atoms with Gasteiger partial charge in [-0.15, -0.1) is 11.8 Å². The SMILES string of the molecule is CS[C@]1(C)C[C@@H](c2ccccc2)OC1=O. The number of ether oxygens (including phenoxy) is 1. The first kappa shape index (κ1) is 10.6. The van der Waals surface area contributed by atoms with Gasteiger partial charge in [0.2, 0.25) is 0 Å². The average molecular weight is 222 g/mol. The molecule has 1 aliphatic rings. The zero-order valence-corrected chi connectivity index (χ0v) is 9.71. The Bertz CT molecular complexity index is 363. The summed E-state index contributed by atoms with van der Waals surface area (Å²) in [5, 5.41) is 0. The van der Waals surface area contributed by atoms with Gasteiger partial charge in [-0.1, -0.05) is 30.3 Å². The molecule has 80 valence electrons. The standard InChI is InChI=1S/C12H14O2S/c1-12(15-2)8-10(14-11(12)13)9-6-4-3-5-7-9/h3-7,10H,8H2,1-2H3/t10-,12+/m0/s1. The predicted octanol–water partition coefficient (Wildman–Crippen LogP) is 2.80. The molecule has 3 heteroatoms. The number of hydrogen-bond donors (Lipinski definition) is 0. The molecule has 1 aliphatic heterocycles. The molecule has 0 aliphatic carbocycles. The van der Waals surface area contributed by atoms with E-state index < -0.39 is 0 Å². The number of esters is 1. The molecule has 1 aromatic carbocycles. The molecule has 2 atom stereocenters. The van der Waals surface area contributed by atoms with E-state index in [2.05, 4.69) is 0 Å². The summed E-state index contributed by atoms with van der Waals surface area (Å²) in [6.45, 7) is 1.95. The van der Waals surface area contributed by atoms with E-state index in [-0.39, 0.29) is 16.8 Å². The van der Waals surface area contributed by atoms with Gasteiger partial charge in [-0.3, -0.25) is 4.79 Å². The minimum atomic E-state index is -0.374. The van der Waals surface area contributed by atoms with Gasteiger partial charge < -0.3 is 4.74 Å². The van der Waals surface area contributed by atoms with Crippen molar-refractivity contribution in [3.63, 3.8) is 0 Å². The van der Waals surface area contributed by atoms with E-state index >= 15 is 0 Å². The van der Waals surface area contributed by atoms with Crippen LogP contribution in [0.5, 0.6) is 0 Å². The van der Waals surface area contributed by atoms with Crippen molar-refractivity contribution >= 4 is 17.7 Å². The third-order valence-electron chi connectivity index (χ3n) is 2.88. The summed E-state index contributed by atoms with van der Waals surface area (Å²) >= 11 is 1.57. The normalized spacial score (nSPS) is 30.3. The van der Waals surface area contributed by atoms with Gasteiger partial charge in [-0.2, -0.15) is 0 Å². The molecule has 0 amide bonds. The van der Waals surface area contributed by atoms with Crippen LogP contribution in [-0.2, 0) is 9.53 Å².